The molecular weight excluding hydrogens is 240 g/mol. The van der Waals surface area contributed by atoms with Crippen molar-refractivity contribution in [2.75, 3.05) is 17.6 Å². The van der Waals surface area contributed by atoms with Gasteiger partial charge in [-0.05, 0) is 12.1 Å². The van der Waals surface area contributed by atoms with Crippen molar-refractivity contribution >= 4 is 23.1 Å². The molecule has 0 aliphatic rings. The molecule has 0 saturated carbocycles. The largest absolute Gasteiger partial charge is 0.396 e. The van der Waals surface area contributed by atoms with Crippen LogP contribution in [0.3, 0.4) is 0 Å². The van der Waals surface area contributed by atoms with Crippen molar-refractivity contribution < 1.29 is 0 Å². The number of aromatic nitrogens is 4. The summed E-state index contributed by atoms with van der Waals surface area (Å²) in [4.78, 5) is 4.10. The molecule has 0 bridgehead atoms. The molecule has 2 heterocycles. The lowest BCUT2D eigenvalue weighted by molar-refractivity contribution is 0.787. The Labute approximate surface area is 104 Å². The molecule has 3 N–H and O–H groups in total. The van der Waals surface area contributed by atoms with Crippen LogP contribution in [0.4, 0.5) is 11.5 Å². The maximum absolute atomic E-state index is 5.79. The second-order valence-electron chi connectivity index (χ2n) is 3.61. The molecule has 0 aliphatic carbocycles. The van der Waals surface area contributed by atoms with E-state index in [1.165, 1.54) is 0 Å². The van der Waals surface area contributed by atoms with Gasteiger partial charge in [0.1, 0.15) is 17.3 Å². The third-order valence-corrected chi connectivity index (χ3v) is 2.55. The molecule has 0 unspecified atom stereocenters. The molecule has 90 valence electrons. The standard InChI is InChI=1S/C10H13ClN6/c1-17-6-14-16-9(17)4-5-13-10-7(12)2-3-8(11)15-10/h2-3,6H,4-5,12H2,1H3,(H,13,15). The van der Waals surface area contributed by atoms with E-state index in [-0.39, 0.29) is 0 Å². The Bertz CT molecular complexity index is 509. The molecule has 0 aliphatic heterocycles. The Morgan fingerprint density at radius 3 is 3.00 bits per heavy atom. The smallest absolute Gasteiger partial charge is 0.150 e. The van der Waals surface area contributed by atoms with Crippen molar-refractivity contribution in [2.24, 2.45) is 7.05 Å². The number of rotatable bonds is 4. The summed E-state index contributed by atoms with van der Waals surface area (Å²) in [7, 11) is 1.90. The molecule has 0 fully saturated rings. The van der Waals surface area contributed by atoms with E-state index in [0.717, 1.165) is 12.2 Å². The number of nitrogens with two attached hydrogens (primary N) is 1. The van der Waals surface area contributed by atoms with Crippen LogP contribution in [-0.2, 0) is 13.5 Å². The molecule has 7 heteroatoms. The summed E-state index contributed by atoms with van der Waals surface area (Å²) in [5, 5.41) is 11.3. The van der Waals surface area contributed by atoms with Gasteiger partial charge in [0.05, 0.1) is 5.69 Å². The molecule has 6 nitrogen and oxygen atoms in total. The van der Waals surface area contributed by atoms with E-state index >= 15 is 0 Å². The second-order valence-corrected chi connectivity index (χ2v) is 3.99. The maximum atomic E-state index is 5.79. The van der Waals surface area contributed by atoms with Gasteiger partial charge < -0.3 is 15.6 Å². The summed E-state index contributed by atoms with van der Waals surface area (Å²) < 4.78 is 1.87. The van der Waals surface area contributed by atoms with Crippen molar-refractivity contribution in [1.29, 1.82) is 0 Å². The Hall–Kier alpha value is -1.82. The van der Waals surface area contributed by atoms with Gasteiger partial charge in [0, 0.05) is 20.0 Å². The molecule has 2 aromatic heterocycles. The van der Waals surface area contributed by atoms with Crippen LogP contribution in [0.2, 0.25) is 5.15 Å². The molecule has 0 aromatic carbocycles. The van der Waals surface area contributed by atoms with E-state index in [0.29, 0.717) is 23.2 Å². The average molecular weight is 253 g/mol. The van der Waals surface area contributed by atoms with Gasteiger partial charge in [-0.25, -0.2) is 4.98 Å². The first-order valence-corrected chi connectivity index (χ1v) is 5.53. The maximum Gasteiger partial charge on any atom is 0.150 e. The summed E-state index contributed by atoms with van der Waals surface area (Å²) in [6.07, 6.45) is 2.41. The van der Waals surface area contributed by atoms with Crippen LogP contribution in [-0.4, -0.2) is 26.3 Å². The van der Waals surface area contributed by atoms with Gasteiger partial charge >= 0.3 is 0 Å². The third kappa shape index (κ3) is 2.85. The van der Waals surface area contributed by atoms with Crippen molar-refractivity contribution in [3.63, 3.8) is 0 Å². The molecule has 17 heavy (non-hydrogen) atoms. The first kappa shape index (κ1) is 11.7. The van der Waals surface area contributed by atoms with Crippen LogP contribution in [0.1, 0.15) is 5.82 Å². The first-order valence-electron chi connectivity index (χ1n) is 5.15. The third-order valence-electron chi connectivity index (χ3n) is 2.34. The van der Waals surface area contributed by atoms with Crippen molar-refractivity contribution in [2.45, 2.75) is 6.42 Å². The Balaban J connectivity index is 1.94. The van der Waals surface area contributed by atoms with Gasteiger partial charge in [0.15, 0.2) is 5.82 Å². The van der Waals surface area contributed by atoms with E-state index in [1.807, 2.05) is 11.6 Å². The number of halogens is 1. The Morgan fingerprint density at radius 1 is 1.47 bits per heavy atom. The number of nitrogens with one attached hydrogen (secondary N) is 1. The summed E-state index contributed by atoms with van der Waals surface area (Å²) in [6.45, 7) is 0.671. The topological polar surface area (TPSA) is 81.7 Å². The summed E-state index contributed by atoms with van der Waals surface area (Å²) in [5.74, 6) is 1.50. The quantitative estimate of drug-likeness (QED) is 0.797. The minimum Gasteiger partial charge on any atom is -0.396 e. The van der Waals surface area contributed by atoms with Crippen LogP contribution in [0.15, 0.2) is 18.5 Å². The summed E-state index contributed by atoms with van der Waals surface area (Å²) in [6, 6.07) is 3.38. The Morgan fingerprint density at radius 2 is 2.29 bits per heavy atom. The van der Waals surface area contributed by atoms with E-state index in [2.05, 4.69) is 20.5 Å². The van der Waals surface area contributed by atoms with Gasteiger partial charge in [-0.1, -0.05) is 11.6 Å². The monoisotopic (exact) mass is 252 g/mol. The normalized spacial score (nSPS) is 10.5. The van der Waals surface area contributed by atoms with Crippen LogP contribution in [0.5, 0.6) is 0 Å². The van der Waals surface area contributed by atoms with Crippen LogP contribution in [0, 0.1) is 0 Å². The lowest BCUT2D eigenvalue weighted by Crippen LogP contribution is -2.11. The SMILES string of the molecule is Cn1cnnc1CCNc1nc(Cl)ccc1N. The zero-order valence-electron chi connectivity index (χ0n) is 9.39. The number of hydrogen-bond donors (Lipinski definition) is 2. The van der Waals surface area contributed by atoms with E-state index in [4.69, 9.17) is 17.3 Å². The fourth-order valence-corrected chi connectivity index (χ4v) is 1.56. The van der Waals surface area contributed by atoms with E-state index < -0.39 is 0 Å². The molecule has 2 aromatic rings. The van der Waals surface area contributed by atoms with Crippen LogP contribution in [0.25, 0.3) is 0 Å². The minimum atomic E-state index is 0.417. The second kappa shape index (κ2) is 5.01. The van der Waals surface area contributed by atoms with Gasteiger partial charge in [-0.2, -0.15) is 0 Å². The highest BCUT2D eigenvalue weighted by Crippen LogP contribution is 2.17. The minimum absolute atomic E-state index is 0.417. The summed E-state index contributed by atoms with van der Waals surface area (Å²) >= 11 is 5.79. The lowest BCUT2D eigenvalue weighted by atomic mass is 10.3. The number of hydrogen-bond acceptors (Lipinski definition) is 5. The number of aryl methyl sites for hydroxylation is 1. The van der Waals surface area contributed by atoms with Crippen molar-refractivity contribution in [1.82, 2.24) is 19.7 Å². The van der Waals surface area contributed by atoms with Gasteiger partial charge in [0.25, 0.3) is 0 Å². The highest BCUT2D eigenvalue weighted by Gasteiger charge is 2.03. The molecule has 0 amide bonds. The molecule has 0 atom stereocenters. The first-order chi connectivity index (χ1) is 8.16. The molecular formula is C10H13ClN6. The van der Waals surface area contributed by atoms with Gasteiger partial charge in [0.2, 0.25) is 0 Å². The summed E-state index contributed by atoms with van der Waals surface area (Å²) in [5.41, 5.74) is 6.34. The number of anilines is 2. The molecule has 0 spiro atoms. The van der Waals surface area contributed by atoms with Crippen LogP contribution < -0.4 is 11.1 Å². The number of nitrogens with zero attached hydrogens (tertiary/aromatic N) is 4. The number of nitrogen functional groups attached to an aromatic ring is 1. The van der Waals surface area contributed by atoms with Crippen molar-refractivity contribution in [3.8, 4) is 0 Å². The average Bonchev–Trinajstić information content (AvgIpc) is 2.70. The van der Waals surface area contributed by atoms with Crippen LogP contribution >= 0.6 is 11.6 Å². The number of pyridine rings is 1. The van der Waals surface area contributed by atoms with Crippen molar-refractivity contribution in [3.05, 3.63) is 29.4 Å². The predicted molar refractivity (Wildman–Crippen MR) is 66.9 cm³/mol. The molecule has 2 rings (SSSR count). The zero-order valence-corrected chi connectivity index (χ0v) is 10.1. The van der Waals surface area contributed by atoms with Gasteiger partial charge in [-0.15, -0.1) is 10.2 Å². The fraction of sp³-hybridized carbons (Fsp3) is 0.300. The fourth-order valence-electron chi connectivity index (χ4n) is 1.41. The predicted octanol–water partition coefficient (Wildman–Crippen LogP) is 1.10. The van der Waals surface area contributed by atoms with E-state index in [1.54, 1.807) is 18.5 Å². The van der Waals surface area contributed by atoms with Gasteiger partial charge in [-0.3, -0.25) is 0 Å². The highest BCUT2D eigenvalue weighted by atomic mass is 35.5. The lowest BCUT2D eigenvalue weighted by Gasteiger charge is -2.07. The Kier molecular flexibility index (Phi) is 3.43. The molecule has 0 saturated heterocycles. The zero-order chi connectivity index (χ0) is 12.3. The van der Waals surface area contributed by atoms with E-state index in [9.17, 15) is 0 Å². The molecule has 0 radical (unpaired) electrons. The highest BCUT2D eigenvalue weighted by molar-refractivity contribution is 6.29.